The molecule has 0 spiro atoms. The first-order chi connectivity index (χ1) is 12.3. The standard InChI is InChI=1S/C19H26N4O3/c1-19(2,3)26-18(25)22-10-5-4-9-15(22)14-11-16-20-13-8-6-7-12(13)17(24)23(16)21-14/h11,15,24H,4-10H2,1-3H3. The van der Waals surface area contributed by atoms with E-state index in [4.69, 9.17) is 4.74 Å². The van der Waals surface area contributed by atoms with Crippen molar-refractivity contribution in [2.75, 3.05) is 6.54 Å². The van der Waals surface area contributed by atoms with E-state index in [2.05, 4.69) is 10.1 Å². The minimum Gasteiger partial charge on any atom is -0.493 e. The second-order valence-corrected chi connectivity index (χ2v) is 8.24. The summed E-state index contributed by atoms with van der Waals surface area (Å²) in [6, 6.07) is 1.75. The summed E-state index contributed by atoms with van der Waals surface area (Å²) in [7, 11) is 0. The van der Waals surface area contributed by atoms with Crippen LogP contribution in [0.3, 0.4) is 0 Å². The van der Waals surface area contributed by atoms with Crippen LogP contribution >= 0.6 is 0 Å². The molecule has 140 valence electrons. The van der Waals surface area contributed by atoms with Crippen LogP contribution in [0.1, 0.15) is 69.4 Å². The van der Waals surface area contributed by atoms with Gasteiger partial charge in [0, 0.05) is 18.2 Å². The maximum Gasteiger partial charge on any atom is 0.410 e. The van der Waals surface area contributed by atoms with Crippen molar-refractivity contribution in [3.63, 3.8) is 0 Å². The molecule has 4 rings (SSSR count). The molecule has 1 atom stereocenters. The topological polar surface area (TPSA) is 80.0 Å². The van der Waals surface area contributed by atoms with E-state index in [9.17, 15) is 9.90 Å². The summed E-state index contributed by atoms with van der Waals surface area (Å²) in [5.41, 5.74) is 2.75. The van der Waals surface area contributed by atoms with E-state index in [0.717, 1.165) is 55.5 Å². The molecule has 0 aromatic carbocycles. The number of hydrogen-bond acceptors (Lipinski definition) is 5. The lowest BCUT2D eigenvalue weighted by atomic mass is 10.00. The number of piperidine rings is 1. The Bertz CT molecular complexity index is 853. The number of carbonyl (C=O) groups is 1. The summed E-state index contributed by atoms with van der Waals surface area (Å²) in [6.07, 6.45) is 5.28. The van der Waals surface area contributed by atoms with E-state index in [1.807, 2.05) is 26.8 Å². The maximum atomic E-state index is 12.6. The molecule has 1 fully saturated rings. The molecular weight excluding hydrogens is 332 g/mol. The van der Waals surface area contributed by atoms with E-state index in [-0.39, 0.29) is 18.0 Å². The fourth-order valence-electron chi connectivity index (χ4n) is 3.92. The molecule has 0 bridgehead atoms. The van der Waals surface area contributed by atoms with Gasteiger partial charge in [0.15, 0.2) is 5.65 Å². The molecule has 2 aliphatic rings. The molecule has 1 saturated heterocycles. The van der Waals surface area contributed by atoms with Crippen molar-refractivity contribution in [3.8, 4) is 5.88 Å². The van der Waals surface area contributed by atoms with Gasteiger partial charge in [-0.25, -0.2) is 9.78 Å². The largest absolute Gasteiger partial charge is 0.493 e. The monoisotopic (exact) mass is 358 g/mol. The summed E-state index contributed by atoms with van der Waals surface area (Å²) in [5.74, 6) is 0.188. The Morgan fingerprint density at radius 2 is 2.08 bits per heavy atom. The number of aryl methyl sites for hydroxylation is 1. The number of amides is 1. The van der Waals surface area contributed by atoms with Crippen LogP contribution in [0.5, 0.6) is 5.88 Å². The Labute approximate surface area is 153 Å². The predicted molar refractivity (Wildman–Crippen MR) is 96.2 cm³/mol. The van der Waals surface area contributed by atoms with E-state index < -0.39 is 5.60 Å². The van der Waals surface area contributed by atoms with Crippen molar-refractivity contribution < 1.29 is 14.6 Å². The van der Waals surface area contributed by atoms with Gasteiger partial charge in [0.05, 0.1) is 17.4 Å². The molecular formula is C19H26N4O3. The van der Waals surface area contributed by atoms with Crippen LogP contribution in [0.2, 0.25) is 0 Å². The van der Waals surface area contributed by atoms with Crippen LogP contribution in [0, 0.1) is 0 Å². The molecule has 3 heterocycles. The van der Waals surface area contributed by atoms with Gasteiger partial charge in [0.25, 0.3) is 0 Å². The third-order valence-corrected chi connectivity index (χ3v) is 5.09. The van der Waals surface area contributed by atoms with Crippen molar-refractivity contribution in [3.05, 3.63) is 23.0 Å². The Kier molecular flexibility index (Phi) is 4.04. The minimum absolute atomic E-state index is 0.144. The molecule has 1 N–H and O–H groups in total. The average Bonchev–Trinajstić information content (AvgIpc) is 3.20. The normalized spacial score (nSPS) is 20.4. The number of hydrogen-bond donors (Lipinski definition) is 1. The highest BCUT2D eigenvalue weighted by molar-refractivity contribution is 5.69. The predicted octanol–water partition coefficient (Wildman–Crippen LogP) is 3.39. The molecule has 1 unspecified atom stereocenters. The number of nitrogens with zero attached hydrogens (tertiary/aromatic N) is 4. The van der Waals surface area contributed by atoms with E-state index in [1.54, 1.807) is 4.90 Å². The first-order valence-corrected chi connectivity index (χ1v) is 9.43. The van der Waals surface area contributed by atoms with Crippen LogP contribution in [-0.4, -0.2) is 42.8 Å². The van der Waals surface area contributed by atoms with Gasteiger partial charge in [-0.05, 0) is 59.3 Å². The highest BCUT2D eigenvalue weighted by Crippen LogP contribution is 2.34. The molecule has 1 aliphatic carbocycles. The van der Waals surface area contributed by atoms with Gasteiger partial charge in [0.2, 0.25) is 5.88 Å². The summed E-state index contributed by atoms with van der Waals surface area (Å²) >= 11 is 0. The van der Waals surface area contributed by atoms with Crippen LogP contribution < -0.4 is 0 Å². The van der Waals surface area contributed by atoms with Crippen molar-refractivity contribution in [1.29, 1.82) is 0 Å². The summed E-state index contributed by atoms with van der Waals surface area (Å²) < 4.78 is 7.09. The van der Waals surface area contributed by atoms with E-state index in [0.29, 0.717) is 12.2 Å². The first kappa shape index (κ1) is 17.1. The molecule has 1 aliphatic heterocycles. The Morgan fingerprint density at radius 1 is 1.27 bits per heavy atom. The Hall–Kier alpha value is -2.31. The van der Waals surface area contributed by atoms with Gasteiger partial charge in [-0.2, -0.15) is 9.61 Å². The highest BCUT2D eigenvalue weighted by atomic mass is 16.6. The summed E-state index contributed by atoms with van der Waals surface area (Å²) in [6.45, 7) is 6.28. The fourth-order valence-corrected chi connectivity index (χ4v) is 3.92. The zero-order chi connectivity index (χ0) is 18.5. The third-order valence-electron chi connectivity index (χ3n) is 5.09. The van der Waals surface area contributed by atoms with Crippen LogP contribution in [0.25, 0.3) is 5.65 Å². The molecule has 26 heavy (non-hydrogen) atoms. The van der Waals surface area contributed by atoms with E-state index in [1.165, 1.54) is 4.52 Å². The van der Waals surface area contributed by atoms with Crippen LogP contribution in [0.4, 0.5) is 4.79 Å². The van der Waals surface area contributed by atoms with Crippen LogP contribution in [-0.2, 0) is 17.6 Å². The Morgan fingerprint density at radius 3 is 2.85 bits per heavy atom. The number of aromatic nitrogens is 3. The van der Waals surface area contributed by atoms with Gasteiger partial charge in [-0.1, -0.05) is 0 Å². The van der Waals surface area contributed by atoms with Crippen LogP contribution in [0.15, 0.2) is 6.07 Å². The molecule has 7 nitrogen and oxygen atoms in total. The van der Waals surface area contributed by atoms with Crippen molar-refractivity contribution in [1.82, 2.24) is 19.5 Å². The van der Waals surface area contributed by atoms with Gasteiger partial charge in [0.1, 0.15) is 5.60 Å². The summed E-state index contributed by atoms with van der Waals surface area (Å²) in [4.78, 5) is 19.1. The number of fused-ring (bicyclic) bond motifs is 2. The highest BCUT2D eigenvalue weighted by Gasteiger charge is 2.33. The lowest BCUT2D eigenvalue weighted by Crippen LogP contribution is -2.42. The van der Waals surface area contributed by atoms with E-state index >= 15 is 0 Å². The number of carbonyl (C=O) groups excluding carboxylic acids is 1. The number of likely N-dealkylation sites (tertiary alicyclic amines) is 1. The SMILES string of the molecule is CC(C)(C)OC(=O)N1CCCCC1c1cc2nc3c(c(O)n2n1)CCC3. The number of rotatable bonds is 1. The Balaban J connectivity index is 1.68. The third kappa shape index (κ3) is 2.99. The number of aromatic hydroxyl groups is 1. The zero-order valence-electron chi connectivity index (χ0n) is 15.7. The molecule has 0 radical (unpaired) electrons. The average molecular weight is 358 g/mol. The van der Waals surface area contributed by atoms with Gasteiger partial charge in [-0.3, -0.25) is 4.90 Å². The lowest BCUT2D eigenvalue weighted by Gasteiger charge is -2.35. The number of ether oxygens (including phenoxy) is 1. The molecule has 2 aromatic rings. The molecule has 1 amide bonds. The minimum atomic E-state index is -0.529. The second kappa shape index (κ2) is 6.14. The van der Waals surface area contributed by atoms with Gasteiger partial charge >= 0.3 is 6.09 Å². The molecule has 0 saturated carbocycles. The fraction of sp³-hybridized carbons (Fsp3) is 0.632. The lowest BCUT2D eigenvalue weighted by molar-refractivity contribution is 0.00897. The molecule has 2 aromatic heterocycles. The van der Waals surface area contributed by atoms with Crippen molar-refractivity contribution >= 4 is 11.7 Å². The van der Waals surface area contributed by atoms with Gasteiger partial charge < -0.3 is 9.84 Å². The molecule has 7 heteroatoms. The van der Waals surface area contributed by atoms with Gasteiger partial charge in [-0.15, -0.1) is 0 Å². The summed E-state index contributed by atoms with van der Waals surface area (Å²) in [5, 5.41) is 15.2. The maximum absolute atomic E-state index is 12.6. The second-order valence-electron chi connectivity index (χ2n) is 8.24. The quantitative estimate of drug-likeness (QED) is 0.845. The zero-order valence-corrected chi connectivity index (χ0v) is 15.7. The van der Waals surface area contributed by atoms with Crippen molar-refractivity contribution in [2.45, 2.75) is 70.9 Å². The van der Waals surface area contributed by atoms with Crippen molar-refractivity contribution in [2.24, 2.45) is 0 Å². The smallest absolute Gasteiger partial charge is 0.410 e. The first-order valence-electron chi connectivity index (χ1n) is 9.43.